The van der Waals surface area contributed by atoms with E-state index in [1.54, 1.807) is 24.3 Å². The molecule has 4 N–H and O–H groups in total. The second kappa shape index (κ2) is 12.3. The molecule has 10 heteroatoms. The predicted molar refractivity (Wildman–Crippen MR) is 97.7 cm³/mol. The number of carboxylic acid groups (broad SMARTS) is 1. The Morgan fingerprint density at radius 3 is 2.36 bits per heavy atom. The van der Waals surface area contributed by atoms with Gasteiger partial charge in [0.25, 0.3) is 0 Å². The number of carboxylic acids is 1. The van der Waals surface area contributed by atoms with Crippen LogP contribution < -0.4 is 16.1 Å². The van der Waals surface area contributed by atoms with Crippen molar-refractivity contribution < 1.29 is 33.9 Å². The van der Waals surface area contributed by atoms with Crippen LogP contribution in [0.2, 0.25) is 0 Å². The number of aliphatic carboxylic acids is 1. The van der Waals surface area contributed by atoms with Crippen molar-refractivity contribution >= 4 is 23.9 Å². The maximum absolute atomic E-state index is 11.7. The first-order valence-corrected chi connectivity index (χ1v) is 8.65. The Hall–Kier alpha value is -3.14. The third kappa shape index (κ3) is 10.1. The SMILES string of the molecule is CC(C)C[C@H](NC(=O)CNC(=O)CONC(=O)OCc1ccccc1)C(=O)O. The zero-order valence-electron chi connectivity index (χ0n) is 15.8. The van der Waals surface area contributed by atoms with Gasteiger partial charge in [0.1, 0.15) is 12.6 Å². The second-order valence-electron chi connectivity index (χ2n) is 6.32. The van der Waals surface area contributed by atoms with Crippen LogP contribution >= 0.6 is 0 Å². The molecule has 0 aliphatic rings. The van der Waals surface area contributed by atoms with Crippen LogP contribution in [0.4, 0.5) is 4.79 Å². The minimum absolute atomic E-state index is 0.0452. The van der Waals surface area contributed by atoms with Crippen molar-refractivity contribution in [3.05, 3.63) is 35.9 Å². The van der Waals surface area contributed by atoms with E-state index in [0.717, 1.165) is 5.56 Å². The van der Waals surface area contributed by atoms with Gasteiger partial charge in [0, 0.05) is 0 Å². The predicted octanol–water partition coefficient (Wildman–Crippen LogP) is 0.576. The smallest absolute Gasteiger partial charge is 0.431 e. The van der Waals surface area contributed by atoms with Gasteiger partial charge in [-0.1, -0.05) is 44.2 Å². The van der Waals surface area contributed by atoms with Gasteiger partial charge in [0.05, 0.1) is 6.54 Å². The zero-order valence-corrected chi connectivity index (χ0v) is 15.8. The fraction of sp³-hybridized carbons (Fsp3) is 0.444. The topological polar surface area (TPSA) is 143 Å². The van der Waals surface area contributed by atoms with E-state index in [2.05, 4.69) is 15.5 Å². The summed E-state index contributed by atoms with van der Waals surface area (Å²) in [6.45, 7) is 2.76. The molecule has 1 aromatic rings. The molecule has 1 aromatic carbocycles. The van der Waals surface area contributed by atoms with Gasteiger partial charge < -0.3 is 20.5 Å². The Morgan fingerprint density at radius 1 is 1.07 bits per heavy atom. The zero-order chi connectivity index (χ0) is 20.9. The summed E-state index contributed by atoms with van der Waals surface area (Å²) in [4.78, 5) is 50.5. The number of benzene rings is 1. The number of carbonyl (C=O) groups is 4. The number of hydroxylamine groups is 1. The fourth-order valence-corrected chi connectivity index (χ4v) is 2.08. The molecule has 10 nitrogen and oxygen atoms in total. The van der Waals surface area contributed by atoms with Gasteiger partial charge in [-0.05, 0) is 17.9 Å². The number of ether oxygens (including phenoxy) is 1. The Bertz CT molecular complexity index is 664. The lowest BCUT2D eigenvalue weighted by Crippen LogP contribution is -2.46. The minimum Gasteiger partial charge on any atom is -0.480 e. The number of amides is 3. The van der Waals surface area contributed by atoms with Crippen LogP contribution in [0.1, 0.15) is 25.8 Å². The lowest BCUT2D eigenvalue weighted by atomic mass is 10.0. The van der Waals surface area contributed by atoms with Crippen molar-refractivity contribution in [1.82, 2.24) is 16.1 Å². The lowest BCUT2D eigenvalue weighted by Gasteiger charge is -2.16. The Kier molecular flexibility index (Phi) is 10.0. The second-order valence-corrected chi connectivity index (χ2v) is 6.32. The Balaban J connectivity index is 2.19. The number of hydrogen-bond acceptors (Lipinski definition) is 6. The van der Waals surface area contributed by atoms with E-state index in [1.807, 2.05) is 25.4 Å². The van der Waals surface area contributed by atoms with Gasteiger partial charge in [-0.3, -0.25) is 14.4 Å². The summed E-state index contributed by atoms with van der Waals surface area (Å²) in [5.41, 5.74) is 2.73. The first kappa shape index (κ1) is 22.9. The summed E-state index contributed by atoms with van der Waals surface area (Å²) >= 11 is 0. The highest BCUT2D eigenvalue weighted by Crippen LogP contribution is 2.04. The van der Waals surface area contributed by atoms with E-state index in [9.17, 15) is 19.2 Å². The Morgan fingerprint density at radius 2 is 1.75 bits per heavy atom. The first-order chi connectivity index (χ1) is 13.3. The summed E-state index contributed by atoms with van der Waals surface area (Å²) in [7, 11) is 0. The fourth-order valence-electron chi connectivity index (χ4n) is 2.08. The monoisotopic (exact) mass is 395 g/mol. The van der Waals surface area contributed by atoms with E-state index in [1.165, 1.54) is 0 Å². The van der Waals surface area contributed by atoms with Crippen molar-refractivity contribution in [3.63, 3.8) is 0 Å². The van der Waals surface area contributed by atoms with Crippen molar-refractivity contribution in [3.8, 4) is 0 Å². The number of rotatable bonds is 11. The molecular weight excluding hydrogens is 370 g/mol. The van der Waals surface area contributed by atoms with Gasteiger partial charge >= 0.3 is 12.1 Å². The van der Waals surface area contributed by atoms with Crippen molar-refractivity contribution in [2.75, 3.05) is 13.2 Å². The summed E-state index contributed by atoms with van der Waals surface area (Å²) < 4.78 is 4.88. The highest BCUT2D eigenvalue weighted by molar-refractivity contribution is 5.88. The van der Waals surface area contributed by atoms with Gasteiger partial charge in [0.2, 0.25) is 11.8 Å². The van der Waals surface area contributed by atoms with E-state index >= 15 is 0 Å². The van der Waals surface area contributed by atoms with Gasteiger partial charge in [-0.25, -0.2) is 9.59 Å². The first-order valence-electron chi connectivity index (χ1n) is 8.65. The maximum atomic E-state index is 11.7. The van der Waals surface area contributed by atoms with Gasteiger partial charge in [-0.2, -0.15) is 5.48 Å². The van der Waals surface area contributed by atoms with Gasteiger partial charge in [-0.15, -0.1) is 0 Å². The number of carbonyl (C=O) groups excluding carboxylic acids is 3. The van der Waals surface area contributed by atoms with Crippen LogP contribution in [-0.2, 0) is 30.6 Å². The molecule has 0 spiro atoms. The summed E-state index contributed by atoms with van der Waals surface area (Å²) in [6.07, 6.45) is -0.597. The van der Waals surface area contributed by atoms with E-state index in [-0.39, 0.29) is 18.9 Å². The lowest BCUT2D eigenvalue weighted by molar-refractivity contribution is -0.142. The highest BCUT2D eigenvalue weighted by atomic mass is 16.7. The summed E-state index contributed by atoms with van der Waals surface area (Å²) in [5.74, 6) is -2.38. The standard InChI is InChI=1S/C18H25N3O7/c1-12(2)8-14(17(24)25)20-15(22)9-19-16(23)11-28-21-18(26)27-10-13-6-4-3-5-7-13/h3-7,12,14H,8-11H2,1-2H3,(H,19,23)(H,20,22)(H,21,26)(H,24,25)/t14-/m0/s1. The van der Waals surface area contributed by atoms with Gasteiger partial charge in [0.15, 0.2) is 6.61 Å². The molecule has 0 radical (unpaired) electrons. The molecule has 1 rings (SSSR count). The van der Waals surface area contributed by atoms with Crippen LogP contribution in [0, 0.1) is 5.92 Å². The molecule has 28 heavy (non-hydrogen) atoms. The molecule has 0 heterocycles. The molecule has 0 bridgehead atoms. The third-order valence-electron chi connectivity index (χ3n) is 3.36. The molecule has 3 amide bonds. The molecule has 0 saturated heterocycles. The van der Waals surface area contributed by atoms with Crippen LogP contribution in [0.3, 0.4) is 0 Å². The van der Waals surface area contributed by atoms with E-state index < -0.39 is 43.1 Å². The average Bonchev–Trinajstić information content (AvgIpc) is 2.64. The average molecular weight is 395 g/mol. The van der Waals surface area contributed by atoms with Crippen LogP contribution in [0.15, 0.2) is 30.3 Å². The largest absolute Gasteiger partial charge is 0.480 e. The highest BCUT2D eigenvalue weighted by Gasteiger charge is 2.21. The molecule has 1 atom stereocenters. The summed E-state index contributed by atoms with van der Waals surface area (Å²) in [5, 5.41) is 13.6. The molecule has 154 valence electrons. The molecule has 0 aliphatic heterocycles. The van der Waals surface area contributed by atoms with Crippen molar-refractivity contribution in [2.24, 2.45) is 5.92 Å². The Labute approximate surface area is 162 Å². The number of nitrogens with one attached hydrogen (secondary N) is 3. The molecule has 0 aliphatic carbocycles. The molecular formula is C18H25N3O7. The molecule has 0 aromatic heterocycles. The molecule has 0 fully saturated rings. The van der Waals surface area contributed by atoms with Crippen molar-refractivity contribution in [1.29, 1.82) is 0 Å². The normalized spacial score (nSPS) is 11.4. The maximum Gasteiger partial charge on any atom is 0.431 e. The van der Waals surface area contributed by atoms with Crippen LogP contribution in [0.25, 0.3) is 0 Å². The number of hydrogen-bond donors (Lipinski definition) is 4. The van der Waals surface area contributed by atoms with Crippen LogP contribution in [-0.4, -0.2) is 48.2 Å². The van der Waals surface area contributed by atoms with Crippen LogP contribution in [0.5, 0.6) is 0 Å². The minimum atomic E-state index is -1.14. The van der Waals surface area contributed by atoms with Crippen molar-refractivity contribution in [2.45, 2.75) is 32.9 Å². The molecule has 0 saturated carbocycles. The quantitative estimate of drug-likeness (QED) is 0.401. The summed E-state index contributed by atoms with van der Waals surface area (Å²) in [6, 6.07) is 7.97. The van der Waals surface area contributed by atoms with E-state index in [4.69, 9.17) is 9.84 Å². The third-order valence-corrected chi connectivity index (χ3v) is 3.36. The van der Waals surface area contributed by atoms with E-state index in [0.29, 0.717) is 0 Å². The molecule has 0 unspecified atom stereocenters.